The molecular formula is C14H8BrF5. The fourth-order valence-corrected chi connectivity index (χ4v) is 2.14. The monoisotopic (exact) mass is 350 g/mol. The molecule has 0 atom stereocenters. The van der Waals surface area contributed by atoms with Gasteiger partial charge in [-0.2, -0.15) is 13.2 Å². The molecule has 0 unspecified atom stereocenters. The molecule has 106 valence electrons. The van der Waals surface area contributed by atoms with Gasteiger partial charge in [0.15, 0.2) is 11.6 Å². The van der Waals surface area contributed by atoms with Crippen molar-refractivity contribution in [2.75, 3.05) is 0 Å². The number of benzene rings is 2. The van der Waals surface area contributed by atoms with Crippen LogP contribution in [0.1, 0.15) is 11.1 Å². The lowest BCUT2D eigenvalue weighted by Gasteiger charge is -2.12. The van der Waals surface area contributed by atoms with Crippen LogP contribution in [-0.2, 0) is 11.5 Å². The van der Waals surface area contributed by atoms with E-state index in [9.17, 15) is 22.0 Å². The molecule has 0 fully saturated rings. The van der Waals surface area contributed by atoms with Crippen molar-refractivity contribution < 1.29 is 22.0 Å². The third-order valence-corrected chi connectivity index (χ3v) is 3.38. The summed E-state index contributed by atoms with van der Waals surface area (Å²) >= 11 is 3.06. The second-order valence-electron chi connectivity index (χ2n) is 4.15. The van der Waals surface area contributed by atoms with Crippen molar-refractivity contribution in [3.05, 3.63) is 59.2 Å². The smallest absolute Gasteiger partial charge is 0.204 e. The summed E-state index contributed by atoms with van der Waals surface area (Å²) in [5, 5.41) is 0.181. The van der Waals surface area contributed by atoms with Crippen LogP contribution < -0.4 is 0 Å². The molecule has 0 aliphatic carbocycles. The quantitative estimate of drug-likeness (QED) is 0.492. The highest BCUT2D eigenvalue weighted by Gasteiger charge is 2.31. The Morgan fingerprint density at radius 2 is 1.70 bits per heavy atom. The van der Waals surface area contributed by atoms with Crippen LogP contribution in [-0.4, -0.2) is 0 Å². The molecule has 0 spiro atoms. The molecule has 0 aliphatic rings. The molecule has 2 aromatic rings. The molecule has 0 N–H and O–H groups in total. The van der Waals surface area contributed by atoms with Crippen molar-refractivity contribution in [3.63, 3.8) is 0 Å². The van der Waals surface area contributed by atoms with Gasteiger partial charge >= 0.3 is 6.18 Å². The fourth-order valence-electron chi connectivity index (χ4n) is 1.82. The van der Waals surface area contributed by atoms with E-state index in [1.807, 2.05) is 0 Å². The number of hydrogen-bond acceptors (Lipinski definition) is 0. The Bertz CT molecular complexity index is 634. The summed E-state index contributed by atoms with van der Waals surface area (Å²) < 4.78 is 65.2. The zero-order chi connectivity index (χ0) is 14.9. The molecule has 0 aliphatic heterocycles. The third-order valence-electron chi connectivity index (χ3n) is 2.74. The molecule has 2 aromatic carbocycles. The average Bonchev–Trinajstić information content (AvgIpc) is 2.40. The fraction of sp³-hybridized carbons (Fsp3) is 0.143. The van der Waals surface area contributed by atoms with E-state index in [1.54, 1.807) is 0 Å². The summed E-state index contributed by atoms with van der Waals surface area (Å²) in [5.41, 5.74) is -0.767. The Morgan fingerprint density at radius 1 is 1.00 bits per heavy atom. The van der Waals surface area contributed by atoms with Crippen LogP contribution in [0.3, 0.4) is 0 Å². The van der Waals surface area contributed by atoms with Crippen LogP contribution in [0, 0.1) is 11.6 Å². The van der Waals surface area contributed by atoms with Gasteiger partial charge in [0.1, 0.15) is 0 Å². The molecular weight excluding hydrogens is 343 g/mol. The lowest BCUT2D eigenvalue weighted by molar-refractivity contribution is -0.137. The summed E-state index contributed by atoms with van der Waals surface area (Å²) in [4.78, 5) is 0. The zero-order valence-corrected chi connectivity index (χ0v) is 11.5. The molecule has 0 bridgehead atoms. The Kier molecular flexibility index (Phi) is 4.13. The van der Waals surface area contributed by atoms with Crippen molar-refractivity contribution in [3.8, 4) is 11.1 Å². The summed E-state index contributed by atoms with van der Waals surface area (Å²) in [6, 6.07) is 6.58. The largest absolute Gasteiger partial charge is 0.416 e. The first-order valence-corrected chi connectivity index (χ1v) is 6.66. The van der Waals surface area contributed by atoms with Crippen LogP contribution in [0.15, 0.2) is 36.4 Å². The Hall–Kier alpha value is -1.43. The lowest BCUT2D eigenvalue weighted by atomic mass is 9.99. The van der Waals surface area contributed by atoms with Crippen molar-refractivity contribution in [2.24, 2.45) is 0 Å². The number of rotatable bonds is 2. The van der Waals surface area contributed by atoms with Crippen LogP contribution in [0.5, 0.6) is 0 Å². The minimum Gasteiger partial charge on any atom is -0.204 e. The maximum Gasteiger partial charge on any atom is 0.416 e. The van der Waals surface area contributed by atoms with E-state index >= 15 is 0 Å². The predicted octanol–water partition coefficient (Wildman–Crippen LogP) is 5.55. The van der Waals surface area contributed by atoms with Crippen LogP contribution in [0.2, 0.25) is 0 Å². The molecule has 2 rings (SSSR count). The van der Waals surface area contributed by atoms with Crippen molar-refractivity contribution in [1.82, 2.24) is 0 Å². The maximum atomic E-state index is 13.7. The van der Waals surface area contributed by atoms with E-state index in [0.717, 1.165) is 18.2 Å². The summed E-state index contributed by atoms with van der Waals surface area (Å²) in [7, 11) is 0. The Labute approximate surface area is 120 Å². The highest BCUT2D eigenvalue weighted by Crippen LogP contribution is 2.35. The normalized spacial score (nSPS) is 11.7. The highest BCUT2D eigenvalue weighted by molar-refractivity contribution is 9.08. The van der Waals surface area contributed by atoms with Crippen LogP contribution >= 0.6 is 15.9 Å². The molecule has 0 amide bonds. The molecule has 0 radical (unpaired) electrons. The Morgan fingerprint density at radius 3 is 2.30 bits per heavy atom. The standard InChI is InChI=1S/C14H8BrF5/c15-7-8-4-9(6-10(5-8)14(18,19)20)11-2-1-3-12(16)13(11)17/h1-6H,7H2. The topological polar surface area (TPSA) is 0 Å². The zero-order valence-electron chi connectivity index (χ0n) is 9.94. The van der Waals surface area contributed by atoms with Crippen molar-refractivity contribution in [1.29, 1.82) is 0 Å². The van der Waals surface area contributed by atoms with E-state index in [0.29, 0.717) is 5.56 Å². The first-order valence-electron chi connectivity index (χ1n) is 5.54. The summed E-state index contributed by atoms with van der Waals surface area (Å²) in [5.74, 6) is -2.26. The van der Waals surface area contributed by atoms with Gasteiger partial charge in [0.05, 0.1) is 5.56 Å². The van der Waals surface area contributed by atoms with Gasteiger partial charge in [-0.25, -0.2) is 8.78 Å². The number of alkyl halides is 4. The number of halogens is 6. The molecule has 6 heteroatoms. The minimum absolute atomic E-state index is 0.00808. The molecule has 20 heavy (non-hydrogen) atoms. The molecule has 0 saturated carbocycles. The first-order chi connectivity index (χ1) is 9.32. The highest BCUT2D eigenvalue weighted by atomic mass is 79.9. The molecule has 0 nitrogen and oxygen atoms in total. The maximum absolute atomic E-state index is 13.7. The van der Waals surface area contributed by atoms with E-state index < -0.39 is 23.4 Å². The second-order valence-corrected chi connectivity index (χ2v) is 4.71. The Balaban J connectivity index is 2.65. The van der Waals surface area contributed by atoms with Gasteiger partial charge in [-0.05, 0) is 29.3 Å². The summed E-state index contributed by atoms with van der Waals surface area (Å²) in [6.45, 7) is 0. The van der Waals surface area contributed by atoms with Gasteiger partial charge in [-0.1, -0.05) is 34.1 Å². The predicted molar refractivity (Wildman–Crippen MR) is 69.4 cm³/mol. The molecule has 0 saturated heterocycles. The van der Waals surface area contributed by atoms with Gasteiger partial charge in [0.2, 0.25) is 0 Å². The van der Waals surface area contributed by atoms with Gasteiger partial charge in [0.25, 0.3) is 0 Å². The average molecular weight is 351 g/mol. The van der Waals surface area contributed by atoms with Gasteiger partial charge in [0, 0.05) is 10.9 Å². The summed E-state index contributed by atoms with van der Waals surface area (Å²) in [6.07, 6.45) is -4.54. The third kappa shape index (κ3) is 3.00. The van der Waals surface area contributed by atoms with Gasteiger partial charge < -0.3 is 0 Å². The van der Waals surface area contributed by atoms with Gasteiger partial charge in [-0.3, -0.25) is 0 Å². The minimum atomic E-state index is -4.54. The molecule has 0 heterocycles. The van der Waals surface area contributed by atoms with E-state index in [4.69, 9.17) is 0 Å². The van der Waals surface area contributed by atoms with Crippen molar-refractivity contribution >= 4 is 15.9 Å². The molecule has 0 aromatic heterocycles. The SMILES string of the molecule is Fc1cccc(-c2cc(CBr)cc(C(F)(F)F)c2)c1F. The number of hydrogen-bond donors (Lipinski definition) is 0. The van der Waals surface area contributed by atoms with E-state index in [2.05, 4.69) is 15.9 Å². The van der Waals surface area contributed by atoms with Crippen LogP contribution in [0.25, 0.3) is 11.1 Å². The second kappa shape index (κ2) is 5.52. The van der Waals surface area contributed by atoms with E-state index in [1.165, 1.54) is 18.2 Å². The lowest BCUT2D eigenvalue weighted by Crippen LogP contribution is -2.06. The van der Waals surface area contributed by atoms with Gasteiger partial charge in [-0.15, -0.1) is 0 Å². The first kappa shape index (κ1) is 15.0. The van der Waals surface area contributed by atoms with Crippen LogP contribution in [0.4, 0.5) is 22.0 Å². The van der Waals surface area contributed by atoms with E-state index in [-0.39, 0.29) is 16.5 Å². The van der Waals surface area contributed by atoms with Crippen molar-refractivity contribution in [2.45, 2.75) is 11.5 Å².